The molecule has 0 bridgehead atoms. The van der Waals surface area contributed by atoms with Crippen LogP contribution in [0.25, 0.3) is 10.9 Å². The molecule has 9 heteroatoms. The van der Waals surface area contributed by atoms with E-state index in [-0.39, 0.29) is 24.7 Å². The lowest BCUT2D eigenvalue weighted by atomic mass is 10.2. The number of fused-ring (bicyclic) bond motifs is 1. The molecule has 0 fully saturated rings. The molecule has 3 rings (SSSR count). The number of aryl methyl sites for hydroxylation is 1. The van der Waals surface area contributed by atoms with Crippen molar-refractivity contribution in [3.05, 3.63) is 48.4 Å². The number of amides is 1. The van der Waals surface area contributed by atoms with Crippen LogP contribution in [0, 0.1) is 6.92 Å². The number of carbonyl (C=O) groups is 1. The molecule has 0 aliphatic carbocycles. The predicted octanol–water partition coefficient (Wildman–Crippen LogP) is 2.33. The number of benzene rings is 1. The minimum absolute atomic E-state index is 0.0395. The summed E-state index contributed by atoms with van der Waals surface area (Å²) in [7, 11) is -3.59. The standard InChI is InChI=1S/C17H18N4O4S/c1-12-11-15(20-25-12)21(26(2,23)24)10-8-16(22)19-14-7-3-5-13-6-4-9-18-17(13)14/h3-7,9,11H,8,10H2,1-2H3,(H,19,22). The van der Waals surface area contributed by atoms with E-state index >= 15 is 0 Å². The van der Waals surface area contributed by atoms with Crippen LogP contribution in [0.15, 0.2) is 47.1 Å². The number of nitrogens with zero attached hydrogens (tertiary/aromatic N) is 3. The zero-order valence-electron chi connectivity index (χ0n) is 14.3. The number of sulfonamides is 1. The second-order valence-corrected chi connectivity index (χ2v) is 7.72. The molecular formula is C17H18N4O4S. The highest BCUT2D eigenvalue weighted by molar-refractivity contribution is 7.92. The molecular weight excluding hydrogens is 356 g/mol. The highest BCUT2D eigenvalue weighted by Gasteiger charge is 2.22. The van der Waals surface area contributed by atoms with Gasteiger partial charge in [-0.1, -0.05) is 23.4 Å². The quantitative estimate of drug-likeness (QED) is 0.710. The molecule has 0 spiro atoms. The first kappa shape index (κ1) is 17.9. The maximum absolute atomic E-state index is 12.3. The lowest BCUT2D eigenvalue weighted by Gasteiger charge is -2.18. The van der Waals surface area contributed by atoms with Crippen molar-refractivity contribution in [1.29, 1.82) is 0 Å². The summed E-state index contributed by atoms with van der Waals surface area (Å²) < 4.78 is 30.0. The average molecular weight is 374 g/mol. The number of carbonyl (C=O) groups excluding carboxylic acids is 1. The first-order chi connectivity index (χ1) is 12.3. The number of aromatic nitrogens is 2. The van der Waals surface area contributed by atoms with Crippen molar-refractivity contribution in [2.24, 2.45) is 0 Å². The molecule has 0 radical (unpaired) electrons. The summed E-state index contributed by atoms with van der Waals surface area (Å²) in [6, 6.07) is 10.7. The van der Waals surface area contributed by atoms with Gasteiger partial charge in [0.05, 0.1) is 17.5 Å². The molecule has 1 N–H and O–H groups in total. The van der Waals surface area contributed by atoms with Gasteiger partial charge in [-0.3, -0.25) is 14.1 Å². The molecule has 3 aromatic rings. The average Bonchev–Trinajstić information content (AvgIpc) is 3.00. The fourth-order valence-corrected chi connectivity index (χ4v) is 3.39. The van der Waals surface area contributed by atoms with Crippen molar-refractivity contribution in [3.8, 4) is 0 Å². The third-order valence-corrected chi connectivity index (χ3v) is 4.89. The second kappa shape index (κ2) is 7.12. The number of rotatable bonds is 6. The molecule has 0 aliphatic heterocycles. The van der Waals surface area contributed by atoms with E-state index in [0.29, 0.717) is 17.0 Å². The second-order valence-electron chi connectivity index (χ2n) is 5.81. The van der Waals surface area contributed by atoms with E-state index < -0.39 is 10.0 Å². The van der Waals surface area contributed by atoms with Crippen LogP contribution in [0.5, 0.6) is 0 Å². The highest BCUT2D eigenvalue weighted by atomic mass is 32.2. The molecule has 1 amide bonds. The zero-order valence-corrected chi connectivity index (χ0v) is 15.2. The van der Waals surface area contributed by atoms with Gasteiger partial charge in [0.1, 0.15) is 5.76 Å². The largest absolute Gasteiger partial charge is 0.360 e. The number of hydrogen-bond donors (Lipinski definition) is 1. The van der Waals surface area contributed by atoms with Crippen molar-refractivity contribution >= 4 is 38.3 Å². The molecule has 0 saturated carbocycles. The van der Waals surface area contributed by atoms with Crippen LogP contribution in [-0.4, -0.2) is 37.3 Å². The van der Waals surface area contributed by atoms with Crippen LogP contribution < -0.4 is 9.62 Å². The molecule has 2 aromatic heterocycles. The van der Waals surface area contributed by atoms with Gasteiger partial charge in [-0.05, 0) is 19.1 Å². The Hall–Kier alpha value is -2.94. The zero-order chi connectivity index (χ0) is 18.7. The van der Waals surface area contributed by atoms with Crippen LogP contribution in [0.2, 0.25) is 0 Å². The monoisotopic (exact) mass is 374 g/mol. The molecule has 0 atom stereocenters. The fraction of sp³-hybridized carbons (Fsp3) is 0.235. The Morgan fingerprint density at radius 2 is 2.04 bits per heavy atom. The van der Waals surface area contributed by atoms with Gasteiger partial charge in [0.25, 0.3) is 0 Å². The van der Waals surface area contributed by atoms with E-state index in [4.69, 9.17) is 4.52 Å². The first-order valence-electron chi connectivity index (χ1n) is 7.89. The number of anilines is 2. The van der Waals surface area contributed by atoms with Crippen molar-refractivity contribution < 1.29 is 17.7 Å². The minimum Gasteiger partial charge on any atom is -0.360 e. The Labute approximate surface area is 150 Å². The van der Waals surface area contributed by atoms with E-state index in [2.05, 4.69) is 15.5 Å². The normalized spacial score (nSPS) is 11.5. The fourth-order valence-electron chi connectivity index (χ4n) is 2.54. The summed E-state index contributed by atoms with van der Waals surface area (Å²) in [4.78, 5) is 16.6. The maximum Gasteiger partial charge on any atom is 0.233 e. The third-order valence-electron chi connectivity index (χ3n) is 3.72. The minimum atomic E-state index is -3.59. The van der Waals surface area contributed by atoms with Crippen molar-refractivity contribution in [1.82, 2.24) is 10.1 Å². The van der Waals surface area contributed by atoms with Crippen LogP contribution in [0.1, 0.15) is 12.2 Å². The lowest BCUT2D eigenvalue weighted by Crippen LogP contribution is -2.33. The van der Waals surface area contributed by atoms with E-state index in [9.17, 15) is 13.2 Å². The summed E-state index contributed by atoms with van der Waals surface area (Å²) >= 11 is 0. The van der Waals surface area contributed by atoms with E-state index in [1.807, 2.05) is 24.3 Å². The van der Waals surface area contributed by atoms with Crippen LogP contribution >= 0.6 is 0 Å². The maximum atomic E-state index is 12.3. The molecule has 136 valence electrons. The molecule has 0 aliphatic rings. The topological polar surface area (TPSA) is 105 Å². The van der Waals surface area contributed by atoms with E-state index in [0.717, 1.165) is 15.9 Å². The molecule has 0 saturated heterocycles. The van der Waals surface area contributed by atoms with Crippen LogP contribution in [0.3, 0.4) is 0 Å². The van der Waals surface area contributed by atoms with Gasteiger partial charge in [-0.2, -0.15) is 0 Å². The van der Waals surface area contributed by atoms with Gasteiger partial charge < -0.3 is 9.84 Å². The van der Waals surface area contributed by atoms with Crippen molar-refractivity contribution in [2.75, 3.05) is 22.4 Å². The van der Waals surface area contributed by atoms with E-state index in [1.54, 1.807) is 19.2 Å². The van der Waals surface area contributed by atoms with Crippen molar-refractivity contribution in [3.63, 3.8) is 0 Å². The van der Waals surface area contributed by atoms with E-state index in [1.165, 1.54) is 6.07 Å². The van der Waals surface area contributed by atoms with Gasteiger partial charge in [-0.25, -0.2) is 8.42 Å². The predicted molar refractivity (Wildman–Crippen MR) is 98.4 cm³/mol. The van der Waals surface area contributed by atoms with Crippen LogP contribution in [-0.2, 0) is 14.8 Å². The Bertz CT molecular complexity index is 1040. The number of para-hydroxylation sites is 1. The summed E-state index contributed by atoms with van der Waals surface area (Å²) in [5.41, 5.74) is 1.26. The Balaban J connectivity index is 1.73. The Kier molecular flexibility index (Phi) is 4.90. The van der Waals surface area contributed by atoms with Gasteiger partial charge in [0.15, 0.2) is 5.82 Å². The lowest BCUT2D eigenvalue weighted by molar-refractivity contribution is -0.116. The van der Waals surface area contributed by atoms with Crippen molar-refractivity contribution in [2.45, 2.75) is 13.3 Å². The summed E-state index contributed by atoms with van der Waals surface area (Å²) in [6.07, 6.45) is 2.67. The molecule has 0 unspecified atom stereocenters. The number of hydrogen-bond acceptors (Lipinski definition) is 6. The molecule has 2 heterocycles. The Morgan fingerprint density at radius 1 is 1.27 bits per heavy atom. The molecule has 1 aromatic carbocycles. The summed E-state index contributed by atoms with van der Waals surface area (Å²) in [5.74, 6) is 0.321. The third kappa shape index (κ3) is 3.99. The molecule has 26 heavy (non-hydrogen) atoms. The number of pyridine rings is 1. The SMILES string of the molecule is Cc1cc(N(CCC(=O)Nc2cccc3cccnc23)S(C)(=O)=O)no1. The Morgan fingerprint density at radius 3 is 2.73 bits per heavy atom. The van der Waals surface area contributed by atoms with Gasteiger partial charge >= 0.3 is 0 Å². The van der Waals surface area contributed by atoms with Crippen LogP contribution in [0.4, 0.5) is 11.5 Å². The van der Waals surface area contributed by atoms with Gasteiger partial charge in [0.2, 0.25) is 15.9 Å². The first-order valence-corrected chi connectivity index (χ1v) is 9.74. The number of nitrogens with one attached hydrogen (secondary N) is 1. The summed E-state index contributed by atoms with van der Waals surface area (Å²) in [6.45, 7) is 1.62. The highest BCUT2D eigenvalue weighted by Crippen LogP contribution is 2.21. The van der Waals surface area contributed by atoms with Gasteiger partial charge in [0, 0.05) is 30.6 Å². The van der Waals surface area contributed by atoms with Gasteiger partial charge in [-0.15, -0.1) is 0 Å². The molecule has 8 nitrogen and oxygen atoms in total. The summed E-state index contributed by atoms with van der Waals surface area (Å²) in [5, 5.41) is 7.40. The smallest absolute Gasteiger partial charge is 0.233 e.